The number of anilines is 2. The minimum Gasteiger partial charge on any atom is -0.497 e. The van der Waals surface area contributed by atoms with E-state index in [4.69, 9.17) is 4.74 Å². The first-order valence-electron chi connectivity index (χ1n) is 9.02. The molecule has 1 aliphatic rings. The lowest BCUT2D eigenvalue weighted by Crippen LogP contribution is -2.23. The van der Waals surface area contributed by atoms with Crippen molar-refractivity contribution in [3.63, 3.8) is 0 Å². The van der Waals surface area contributed by atoms with E-state index < -0.39 is 0 Å². The van der Waals surface area contributed by atoms with Gasteiger partial charge in [0.2, 0.25) is 0 Å². The maximum absolute atomic E-state index is 12.7. The zero-order chi connectivity index (χ0) is 19.7. The topological polar surface area (TPSA) is 58.6 Å². The maximum Gasteiger partial charge on any atom is 0.258 e. The van der Waals surface area contributed by atoms with Gasteiger partial charge in [0, 0.05) is 22.5 Å². The van der Waals surface area contributed by atoms with Crippen molar-refractivity contribution < 1.29 is 14.3 Å². The Bertz CT molecular complexity index is 1070. The Labute approximate surface area is 163 Å². The summed E-state index contributed by atoms with van der Waals surface area (Å²) in [5.74, 6) is 0.425. The van der Waals surface area contributed by atoms with Crippen molar-refractivity contribution >= 4 is 23.2 Å². The molecule has 3 aromatic carbocycles. The molecule has 5 nitrogen and oxygen atoms in total. The second-order valence-electron chi connectivity index (χ2n) is 6.73. The van der Waals surface area contributed by atoms with Crippen LogP contribution in [-0.2, 0) is 6.54 Å². The van der Waals surface area contributed by atoms with E-state index in [2.05, 4.69) is 5.32 Å². The molecule has 0 spiro atoms. The number of benzene rings is 3. The average molecular weight is 372 g/mol. The van der Waals surface area contributed by atoms with Gasteiger partial charge in [-0.2, -0.15) is 0 Å². The monoisotopic (exact) mass is 372 g/mol. The Kier molecular flexibility index (Phi) is 4.57. The van der Waals surface area contributed by atoms with Crippen LogP contribution in [0.4, 0.5) is 11.4 Å². The van der Waals surface area contributed by atoms with E-state index in [0.717, 1.165) is 22.4 Å². The summed E-state index contributed by atoms with van der Waals surface area (Å²) in [7, 11) is 1.57. The number of rotatable bonds is 4. The van der Waals surface area contributed by atoms with Crippen LogP contribution in [0.5, 0.6) is 5.75 Å². The highest BCUT2D eigenvalue weighted by molar-refractivity contribution is 6.10. The minimum atomic E-state index is -0.209. The lowest BCUT2D eigenvalue weighted by Gasteiger charge is -2.18. The van der Waals surface area contributed by atoms with Gasteiger partial charge in [-0.25, -0.2) is 0 Å². The lowest BCUT2D eigenvalue weighted by molar-refractivity contribution is 0.0994. The number of amides is 2. The first-order chi connectivity index (χ1) is 13.6. The number of nitrogens with zero attached hydrogens (tertiary/aromatic N) is 1. The zero-order valence-electron chi connectivity index (χ0n) is 15.7. The van der Waals surface area contributed by atoms with Crippen LogP contribution in [-0.4, -0.2) is 18.9 Å². The number of aryl methyl sites for hydroxylation is 1. The standard InChI is InChI=1S/C23H20N2O3/c1-15-12-18(25-14-17-6-3-4-9-20(17)23(25)27)10-11-21(15)24-22(26)16-7-5-8-19(13-16)28-2/h3-13H,14H2,1-2H3,(H,24,26). The molecular weight excluding hydrogens is 352 g/mol. The molecule has 3 aromatic rings. The molecule has 140 valence electrons. The van der Waals surface area contributed by atoms with Crippen molar-refractivity contribution in [3.05, 3.63) is 89.0 Å². The molecule has 0 aromatic heterocycles. The molecule has 4 rings (SSSR count). The van der Waals surface area contributed by atoms with Gasteiger partial charge in [-0.3, -0.25) is 9.59 Å². The lowest BCUT2D eigenvalue weighted by atomic mass is 10.1. The molecule has 0 atom stereocenters. The SMILES string of the molecule is COc1cccc(C(=O)Nc2ccc(N3Cc4ccccc4C3=O)cc2C)c1. The quantitative estimate of drug-likeness (QED) is 0.738. The highest BCUT2D eigenvalue weighted by Gasteiger charge is 2.28. The van der Waals surface area contributed by atoms with Crippen molar-refractivity contribution in [2.75, 3.05) is 17.3 Å². The summed E-state index contributed by atoms with van der Waals surface area (Å²) in [6, 6.07) is 20.3. The molecule has 1 N–H and O–H groups in total. The van der Waals surface area contributed by atoms with E-state index in [1.807, 2.05) is 49.4 Å². The number of hydrogen-bond donors (Lipinski definition) is 1. The van der Waals surface area contributed by atoms with Gasteiger partial charge in [-0.1, -0.05) is 24.3 Å². The van der Waals surface area contributed by atoms with Crippen molar-refractivity contribution in [1.29, 1.82) is 0 Å². The summed E-state index contributed by atoms with van der Waals surface area (Å²) in [6.07, 6.45) is 0. The highest BCUT2D eigenvalue weighted by atomic mass is 16.5. The predicted octanol–water partition coefficient (Wildman–Crippen LogP) is 4.42. The number of ether oxygens (including phenoxy) is 1. The first-order valence-corrected chi connectivity index (χ1v) is 9.02. The van der Waals surface area contributed by atoms with E-state index in [1.165, 1.54) is 0 Å². The average Bonchev–Trinajstić information content (AvgIpc) is 3.06. The van der Waals surface area contributed by atoms with Gasteiger partial charge in [0.05, 0.1) is 13.7 Å². The fourth-order valence-corrected chi connectivity index (χ4v) is 3.38. The third-order valence-electron chi connectivity index (χ3n) is 4.92. The third-order valence-corrected chi connectivity index (χ3v) is 4.92. The summed E-state index contributed by atoms with van der Waals surface area (Å²) in [5.41, 5.74) is 4.71. The number of hydrogen-bond acceptors (Lipinski definition) is 3. The van der Waals surface area contributed by atoms with Crippen LogP contribution in [0, 0.1) is 6.92 Å². The number of fused-ring (bicyclic) bond motifs is 1. The fraction of sp³-hybridized carbons (Fsp3) is 0.130. The molecular formula is C23H20N2O3. The summed E-state index contributed by atoms with van der Waals surface area (Å²) < 4.78 is 5.17. The number of carbonyl (C=O) groups is 2. The number of methoxy groups -OCH3 is 1. The Balaban J connectivity index is 1.54. The molecule has 5 heteroatoms. The van der Waals surface area contributed by atoms with Crippen LogP contribution in [0.1, 0.15) is 31.8 Å². The first kappa shape index (κ1) is 17.8. The molecule has 1 aliphatic heterocycles. The van der Waals surface area contributed by atoms with Gasteiger partial charge < -0.3 is 15.0 Å². The summed E-state index contributed by atoms with van der Waals surface area (Å²) >= 11 is 0. The molecule has 0 aliphatic carbocycles. The molecule has 0 unspecified atom stereocenters. The van der Waals surface area contributed by atoms with Crippen molar-refractivity contribution in [2.24, 2.45) is 0 Å². The van der Waals surface area contributed by atoms with E-state index in [-0.39, 0.29) is 11.8 Å². The molecule has 1 heterocycles. The normalized spacial score (nSPS) is 12.6. The molecule has 0 bridgehead atoms. The van der Waals surface area contributed by atoms with Crippen LogP contribution in [0.25, 0.3) is 0 Å². The third kappa shape index (κ3) is 3.22. The van der Waals surface area contributed by atoms with Gasteiger partial charge in [-0.15, -0.1) is 0 Å². The largest absolute Gasteiger partial charge is 0.497 e. The van der Waals surface area contributed by atoms with Crippen molar-refractivity contribution in [2.45, 2.75) is 13.5 Å². The fourth-order valence-electron chi connectivity index (χ4n) is 3.38. The molecule has 28 heavy (non-hydrogen) atoms. The van der Waals surface area contributed by atoms with E-state index in [9.17, 15) is 9.59 Å². The molecule has 0 saturated carbocycles. The highest BCUT2D eigenvalue weighted by Crippen LogP contribution is 2.30. The van der Waals surface area contributed by atoms with Crippen LogP contribution in [0.15, 0.2) is 66.7 Å². The Morgan fingerprint density at radius 1 is 1.04 bits per heavy atom. The van der Waals surface area contributed by atoms with Gasteiger partial charge in [-0.05, 0) is 60.5 Å². The Morgan fingerprint density at radius 2 is 1.86 bits per heavy atom. The van der Waals surface area contributed by atoms with E-state index in [0.29, 0.717) is 23.5 Å². The summed E-state index contributed by atoms with van der Waals surface area (Å²) in [6.45, 7) is 2.47. The summed E-state index contributed by atoms with van der Waals surface area (Å²) in [5, 5.41) is 2.93. The second-order valence-corrected chi connectivity index (χ2v) is 6.73. The Hall–Kier alpha value is -3.60. The van der Waals surface area contributed by atoms with Gasteiger partial charge >= 0.3 is 0 Å². The molecule has 0 saturated heterocycles. The maximum atomic E-state index is 12.7. The van der Waals surface area contributed by atoms with Crippen LogP contribution in [0.3, 0.4) is 0 Å². The van der Waals surface area contributed by atoms with Gasteiger partial charge in [0.15, 0.2) is 0 Å². The second kappa shape index (κ2) is 7.19. The van der Waals surface area contributed by atoms with Gasteiger partial charge in [0.25, 0.3) is 11.8 Å². The zero-order valence-corrected chi connectivity index (χ0v) is 15.7. The summed E-state index contributed by atoms with van der Waals surface area (Å²) in [4.78, 5) is 27.0. The Morgan fingerprint density at radius 3 is 2.61 bits per heavy atom. The molecule has 2 amide bonds. The minimum absolute atomic E-state index is 0.00293. The number of carbonyl (C=O) groups excluding carboxylic acids is 2. The van der Waals surface area contributed by atoms with Crippen molar-refractivity contribution in [1.82, 2.24) is 0 Å². The van der Waals surface area contributed by atoms with Crippen LogP contribution >= 0.6 is 0 Å². The molecule has 0 radical (unpaired) electrons. The van der Waals surface area contributed by atoms with Crippen LogP contribution in [0.2, 0.25) is 0 Å². The van der Waals surface area contributed by atoms with Gasteiger partial charge in [0.1, 0.15) is 5.75 Å². The molecule has 0 fully saturated rings. The number of nitrogens with one attached hydrogen (secondary N) is 1. The van der Waals surface area contributed by atoms with Crippen molar-refractivity contribution in [3.8, 4) is 5.75 Å². The predicted molar refractivity (Wildman–Crippen MR) is 109 cm³/mol. The van der Waals surface area contributed by atoms with Crippen LogP contribution < -0.4 is 15.0 Å². The smallest absolute Gasteiger partial charge is 0.258 e. The van der Waals surface area contributed by atoms with E-state index >= 15 is 0 Å². The van der Waals surface area contributed by atoms with E-state index in [1.54, 1.807) is 36.3 Å².